The molecular weight excluding hydrogens is 210 g/mol. The lowest BCUT2D eigenvalue weighted by Gasteiger charge is -2.36. The maximum absolute atomic E-state index is 11.3. The molecule has 1 atom stereocenters. The first kappa shape index (κ1) is 12.8. The highest BCUT2D eigenvalue weighted by Gasteiger charge is 2.40. The third-order valence-electron chi connectivity index (χ3n) is 2.61. The summed E-state index contributed by atoms with van der Waals surface area (Å²) in [6, 6.07) is 0. The Hall–Kier alpha value is -0.220. The molecule has 4 heteroatoms. The summed E-state index contributed by atoms with van der Waals surface area (Å²) in [5.74, 6) is 1.09. The van der Waals surface area contributed by atoms with E-state index in [1.54, 1.807) is 11.8 Å². The van der Waals surface area contributed by atoms with Gasteiger partial charge in [-0.15, -0.1) is 0 Å². The van der Waals surface area contributed by atoms with Gasteiger partial charge in [0.15, 0.2) is 0 Å². The Balaban J connectivity index is 2.61. The van der Waals surface area contributed by atoms with Gasteiger partial charge in [0.25, 0.3) is 0 Å². The molecule has 1 fully saturated rings. The standard InChI is InChI=1S/C11H21NO2S/c1-10(2,3)7-12-11(9(13)14)5-4-6-15-8-11/h12H,4-8H2,1-3H3,(H,13,14). The van der Waals surface area contributed by atoms with Crippen molar-refractivity contribution in [1.82, 2.24) is 5.32 Å². The number of carboxylic acids is 1. The fourth-order valence-electron chi connectivity index (χ4n) is 1.61. The normalized spacial score (nSPS) is 27.7. The molecule has 0 aliphatic carbocycles. The van der Waals surface area contributed by atoms with E-state index in [-0.39, 0.29) is 5.41 Å². The number of hydrogen-bond acceptors (Lipinski definition) is 3. The summed E-state index contributed by atoms with van der Waals surface area (Å²) in [5.41, 5.74) is -0.555. The van der Waals surface area contributed by atoms with Gasteiger partial charge in [0.2, 0.25) is 0 Å². The average Bonchev–Trinajstić information content (AvgIpc) is 2.15. The average molecular weight is 231 g/mol. The maximum Gasteiger partial charge on any atom is 0.324 e. The minimum Gasteiger partial charge on any atom is -0.480 e. The van der Waals surface area contributed by atoms with Crippen molar-refractivity contribution in [2.45, 2.75) is 39.2 Å². The zero-order chi connectivity index (χ0) is 11.5. The zero-order valence-electron chi connectivity index (χ0n) is 9.80. The van der Waals surface area contributed by atoms with Gasteiger partial charge < -0.3 is 10.4 Å². The van der Waals surface area contributed by atoms with E-state index in [2.05, 4.69) is 26.1 Å². The third-order valence-corrected chi connectivity index (χ3v) is 3.88. The summed E-state index contributed by atoms with van der Waals surface area (Å²) < 4.78 is 0. The van der Waals surface area contributed by atoms with Crippen LogP contribution in [0.25, 0.3) is 0 Å². The lowest BCUT2D eigenvalue weighted by atomic mass is 9.91. The van der Waals surface area contributed by atoms with E-state index in [9.17, 15) is 9.90 Å². The second-order valence-corrected chi connectivity index (χ2v) is 6.56. The van der Waals surface area contributed by atoms with Gasteiger partial charge in [-0.05, 0) is 24.0 Å². The van der Waals surface area contributed by atoms with Gasteiger partial charge in [0.1, 0.15) is 5.54 Å². The molecule has 0 bridgehead atoms. The van der Waals surface area contributed by atoms with Crippen LogP contribution >= 0.6 is 11.8 Å². The molecule has 0 saturated carbocycles. The summed E-state index contributed by atoms with van der Waals surface area (Å²) in [6.45, 7) is 7.10. The molecule has 0 aromatic carbocycles. The molecule has 1 aliphatic heterocycles. The predicted octanol–water partition coefficient (Wildman–Crippen LogP) is 1.97. The van der Waals surface area contributed by atoms with E-state index in [4.69, 9.17) is 0 Å². The monoisotopic (exact) mass is 231 g/mol. The first-order valence-corrected chi connectivity index (χ1v) is 6.57. The lowest BCUT2D eigenvalue weighted by Crippen LogP contribution is -2.57. The van der Waals surface area contributed by atoms with E-state index in [0.29, 0.717) is 5.75 Å². The molecule has 88 valence electrons. The Kier molecular flexibility index (Phi) is 4.06. The molecule has 1 unspecified atom stereocenters. The first-order chi connectivity index (χ1) is 6.86. The van der Waals surface area contributed by atoms with Crippen LogP contribution in [-0.2, 0) is 4.79 Å². The van der Waals surface area contributed by atoms with Crippen LogP contribution in [0.2, 0.25) is 0 Å². The number of carboxylic acid groups (broad SMARTS) is 1. The number of carbonyl (C=O) groups is 1. The molecule has 1 heterocycles. The summed E-state index contributed by atoms with van der Waals surface area (Å²) in [4.78, 5) is 11.3. The van der Waals surface area contributed by atoms with Crippen molar-refractivity contribution in [3.8, 4) is 0 Å². The fourth-order valence-corrected chi connectivity index (χ4v) is 2.82. The summed E-state index contributed by atoms with van der Waals surface area (Å²) in [7, 11) is 0. The van der Waals surface area contributed by atoms with Crippen molar-refractivity contribution in [1.29, 1.82) is 0 Å². The molecule has 1 saturated heterocycles. The van der Waals surface area contributed by atoms with Crippen molar-refractivity contribution in [3.63, 3.8) is 0 Å². The van der Waals surface area contributed by atoms with Crippen LogP contribution in [-0.4, -0.2) is 34.7 Å². The Morgan fingerprint density at radius 2 is 2.20 bits per heavy atom. The lowest BCUT2D eigenvalue weighted by molar-refractivity contribution is -0.144. The second-order valence-electron chi connectivity index (χ2n) is 5.46. The Labute approximate surface area is 96.0 Å². The minimum atomic E-state index is -0.695. The highest BCUT2D eigenvalue weighted by Crippen LogP contribution is 2.28. The topological polar surface area (TPSA) is 49.3 Å². The number of thioether (sulfide) groups is 1. The Bertz CT molecular complexity index is 229. The van der Waals surface area contributed by atoms with E-state index in [1.807, 2.05) is 0 Å². The second kappa shape index (κ2) is 4.74. The number of hydrogen-bond donors (Lipinski definition) is 2. The van der Waals surface area contributed by atoms with Crippen molar-refractivity contribution < 1.29 is 9.90 Å². The molecule has 1 aliphatic rings. The quantitative estimate of drug-likeness (QED) is 0.779. The molecule has 0 amide bonds. The van der Waals surface area contributed by atoms with Gasteiger partial charge in [0, 0.05) is 12.3 Å². The van der Waals surface area contributed by atoms with Gasteiger partial charge in [-0.3, -0.25) is 4.79 Å². The number of rotatable bonds is 3. The molecule has 0 aromatic heterocycles. The SMILES string of the molecule is CC(C)(C)CNC1(C(=O)O)CCCSC1. The molecule has 1 rings (SSSR count). The van der Waals surface area contributed by atoms with Gasteiger partial charge >= 0.3 is 5.97 Å². The molecule has 0 radical (unpaired) electrons. The number of aliphatic carboxylic acids is 1. The van der Waals surface area contributed by atoms with Gasteiger partial charge in [-0.1, -0.05) is 20.8 Å². The van der Waals surface area contributed by atoms with Crippen LogP contribution < -0.4 is 5.32 Å². The van der Waals surface area contributed by atoms with Crippen LogP contribution in [0, 0.1) is 5.41 Å². The molecule has 2 N–H and O–H groups in total. The maximum atomic E-state index is 11.3. The molecular formula is C11H21NO2S. The Morgan fingerprint density at radius 1 is 1.53 bits per heavy atom. The van der Waals surface area contributed by atoms with Crippen LogP contribution in [0.4, 0.5) is 0 Å². The fraction of sp³-hybridized carbons (Fsp3) is 0.909. The van der Waals surface area contributed by atoms with Gasteiger partial charge in [-0.25, -0.2) is 0 Å². The largest absolute Gasteiger partial charge is 0.480 e. The highest BCUT2D eigenvalue weighted by atomic mass is 32.2. The zero-order valence-corrected chi connectivity index (χ0v) is 10.6. The first-order valence-electron chi connectivity index (χ1n) is 5.42. The summed E-state index contributed by atoms with van der Waals surface area (Å²) in [5, 5.41) is 12.6. The van der Waals surface area contributed by atoms with Crippen molar-refractivity contribution >= 4 is 17.7 Å². The summed E-state index contributed by atoms with van der Waals surface area (Å²) in [6.07, 6.45) is 1.75. The molecule has 0 aromatic rings. The van der Waals surface area contributed by atoms with E-state index >= 15 is 0 Å². The highest BCUT2D eigenvalue weighted by molar-refractivity contribution is 7.99. The smallest absolute Gasteiger partial charge is 0.324 e. The molecule has 15 heavy (non-hydrogen) atoms. The van der Waals surface area contributed by atoms with E-state index in [0.717, 1.165) is 25.1 Å². The van der Waals surface area contributed by atoms with Crippen molar-refractivity contribution in [2.75, 3.05) is 18.1 Å². The van der Waals surface area contributed by atoms with Crippen LogP contribution in [0.5, 0.6) is 0 Å². The predicted molar refractivity (Wildman–Crippen MR) is 64.4 cm³/mol. The van der Waals surface area contributed by atoms with E-state index in [1.165, 1.54) is 0 Å². The number of nitrogens with one attached hydrogen (secondary N) is 1. The van der Waals surface area contributed by atoms with Gasteiger partial charge in [-0.2, -0.15) is 11.8 Å². The van der Waals surface area contributed by atoms with Crippen LogP contribution in [0.3, 0.4) is 0 Å². The third kappa shape index (κ3) is 3.68. The van der Waals surface area contributed by atoms with Crippen molar-refractivity contribution in [3.05, 3.63) is 0 Å². The Morgan fingerprint density at radius 3 is 2.60 bits per heavy atom. The van der Waals surface area contributed by atoms with Crippen LogP contribution in [0.1, 0.15) is 33.6 Å². The van der Waals surface area contributed by atoms with Gasteiger partial charge in [0.05, 0.1) is 0 Å². The molecule has 3 nitrogen and oxygen atoms in total. The van der Waals surface area contributed by atoms with Crippen LogP contribution in [0.15, 0.2) is 0 Å². The van der Waals surface area contributed by atoms with E-state index < -0.39 is 11.5 Å². The summed E-state index contributed by atoms with van der Waals surface area (Å²) >= 11 is 1.74. The van der Waals surface area contributed by atoms with Crippen molar-refractivity contribution in [2.24, 2.45) is 5.41 Å². The molecule has 0 spiro atoms. The minimum absolute atomic E-state index is 0.130.